The van der Waals surface area contributed by atoms with Crippen LogP contribution in [0, 0.1) is 11.6 Å². The van der Waals surface area contributed by atoms with Gasteiger partial charge in [-0.3, -0.25) is 9.88 Å². The van der Waals surface area contributed by atoms with E-state index in [-0.39, 0.29) is 12.6 Å². The SMILES string of the molecule is CN(Cc1cccnc1)C(CN)c1cc(F)cc(F)c1. The maximum absolute atomic E-state index is 13.3. The van der Waals surface area contributed by atoms with Crippen LogP contribution in [-0.2, 0) is 6.54 Å². The minimum absolute atomic E-state index is 0.250. The van der Waals surface area contributed by atoms with E-state index in [1.54, 1.807) is 12.4 Å². The average molecular weight is 277 g/mol. The number of hydrogen-bond acceptors (Lipinski definition) is 3. The summed E-state index contributed by atoms with van der Waals surface area (Å²) >= 11 is 0. The molecule has 5 heteroatoms. The molecule has 2 N–H and O–H groups in total. The number of rotatable bonds is 5. The van der Waals surface area contributed by atoms with Gasteiger partial charge in [0.15, 0.2) is 0 Å². The van der Waals surface area contributed by atoms with E-state index in [0.29, 0.717) is 12.1 Å². The number of hydrogen-bond donors (Lipinski definition) is 1. The molecule has 0 saturated heterocycles. The van der Waals surface area contributed by atoms with Gasteiger partial charge in [0.05, 0.1) is 0 Å². The molecule has 1 unspecified atom stereocenters. The lowest BCUT2D eigenvalue weighted by Gasteiger charge is -2.27. The first-order valence-corrected chi connectivity index (χ1v) is 6.35. The van der Waals surface area contributed by atoms with E-state index >= 15 is 0 Å². The van der Waals surface area contributed by atoms with E-state index in [4.69, 9.17) is 5.73 Å². The second kappa shape index (κ2) is 6.54. The van der Waals surface area contributed by atoms with Crippen molar-refractivity contribution >= 4 is 0 Å². The smallest absolute Gasteiger partial charge is 0.126 e. The number of aromatic nitrogens is 1. The van der Waals surface area contributed by atoms with Crippen LogP contribution in [0.4, 0.5) is 8.78 Å². The van der Waals surface area contributed by atoms with E-state index < -0.39 is 11.6 Å². The van der Waals surface area contributed by atoms with Crippen molar-refractivity contribution in [3.63, 3.8) is 0 Å². The summed E-state index contributed by atoms with van der Waals surface area (Å²) in [5.41, 5.74) is 7.31. The molecule has 2 rings (SSSR count). The maximum atomic E-state index is 13.3. The molecule has 0 aliphatic carbocycles. The summed E-state index contributed by atoms with van der Waals surface area (Å²) in [6.07, 6.45) is 3.46. The summed E-state index contributed by atoms with van der Waals surface area (Å²) in [6, 6.07) is 7.05. The van der Waals surface area contributed by atoms with Gasteiger partial charge >= 0.3 is 0 Å². The molecule has 1 heterocycles. The van der Waals surface area contributed by atoms with Crippen LogP contribution in [0.15, 0.2) is 42.7 Å². The zero-order valence-corrected chi connectivity index (χ0v) is 11.3. The third-order valence-corrected chi connectivity index (χ3v) is 3.18. The van der Waals surface area contributed by atoms with E-state index in [1.807, 2.05) is 24.1 Å². The van der Waals surface area contributed by atoms with Crippen molar-refractivity contribution in [2.45, 2.75) is 12.6 Å². The molecule has 0 bridgehead atoms. The van der Waals surface area contributed by atoms with E-state index in [0.717, 1.165) is 11.6 Å². The van der Waals surface area contributed by atoms with Crippen molar-refractivity contribution in [1.29, 1.82) is 0 Å². The average Bonchev–Trinajstić information content (AvgIpc) is 2.39. The van der Waals surface area contributed by atoms with Crippen LogP contribution in [-0.4, -0.2) is 23.5 Å². The molecule has 0 fully saturated rings. The molecule has 1 aromatic carbocycles. The highest BCUT2D eigenvalue weighted by atomic mass is 19.1. The van der Waals surface area contributed by atoms with Crippen molar-refractivity contribution in [1.82, 2.24) is 9.88 Å². The van der Waals surface area contributed by atoms with Crippen molar-refractivity contribution in [3.05, 3.63) is 65.5 Å². The van der Waals surface area contributed by atoms with Gasteiger partial charge in [-0.05, 0) is 36.4 Å². The number of benzene rings is 1. The van der Waals surface area contributed by atoms with Crippen molar-refractivity contribution in [2.24, 2.45) is 5.73 Å². The Morgan fingerprint density at radius 3 is 2.50 bits per heavy atom. The van der Waals surface area contributed by atoms with Gasteiger partial charge in [-0.2, -0.15) is 0 Å². The zero-order chi connectivity index (χ0) is 14.5. The van der Waals surface area contributed by atoms with Gasteiger partial charge in [-0.1, -0.05) is 6.07 Å². The van der Waals surface area contributed by atoms with Gasteiger partial charge in [0.25, 0.3) is 0 Å². The Labute approximate surface area is 117 Å². The molecule has 1 aromatic heterocycles. The monoisotopic (exact) mass is 277 g/mol. The second-order valence-corrected chi connectivity index (χ2v) is 4.73. The van der Waals surface area contributed by atoms with Crippen molar-refractivity contribution < 1.29 is 8.78 Å². The second-order valence-electron chi connectivity index (χ2n) is 4.73. The normalized spacial score (nSPS) is 12.7. The van der Waals surface area contributed by atoms with Gasteiger partial charge in [0.1, 0.15) is 11.6 Å². The number of halogens is 2. The van der Waals surface area contributed by atoms with Gasteiger partial charge in [-0.25, -0.2) is 8.78 Å². The first kappa shape index (κ1) is 14.6. The van der Waals surface area contributed by atoms with E-state index in [9.17, 15) is 8.78 Å². The van der Waals surface area contributed by atoms with E-state index in [1.165, 1.54) is 12.1 Å². The number of likely N-dealkylation sites (N-methyl/N-ethyl adjacent to an activating group) is 1. The highest BCUT2D eigenvalue weighted by molar-refractivity contribution is 5.22. The third kappa shape index (κ3) is 3.59. The molecule has 0 aliphatic rings. The summed E-state index contributed by atoms with van der Waals surface area (Å²) in [4.78, 5) is 6.00. The Morgan fingerprint density at radius 2 is 1.95 bits per heavy atom. The van der Waals surface area contributed by atoms with Crippen molar-refractivity contribution in [2.75, 3.05) is 13.6 Å². The van der Waals surface area contributed by atoms with Gasteiger partial charge in [0, 0.05) is 37.6 Å². The molecule has 3 nitrogen and oxygen atoms in total. The first-order chi connectivity index (χ1) is 9.60. The van der Waals surface area contributed by atoms with Gasteiger partial charge in [0.2, 0.25) is 0 Å². The lowest BCUT2D eigenvalue weighted by molar-refractivity contribution is 0.240. The topological polar surface area (TPSA) is 42.2 Å². The zero-order valence-electron chi connectivity index (χ0n) is 11.3. The lowest BCUT2D eigenvalue weighted by atomic mass is 10.0. The molecule has 0 spiro atoms. The largest absolute Gasteiger partial charge is 0.329 e. The van der Waals surface area contributed by atoms with Crippen LogP contribution in [0.2, 0.25) is 0 Å². The van der Waals surface area contributed by atoms with Gasteiger partial charge in [-0.15, -0.1) is 0 Å². The number of nitrogens with two attached hydrogens (primary N) is 1. The third-order valence-electron chi connectivity index (χ3n) is 3.18. The summed E-state index contributed by atoms with van der Waals surface area (Å²) < 4.78 is 26.6. The highest BCUT2D eigenvalue weighted by Crippen LogP contribution is 2.22. The Morgan fingerprint density at radius 1 is 1.25 bits per heavy atom. The van der Waals surface area contributed by atoms with Crippen LogP contribution < -0.4 is 5.73 Å². The Kier molecular flexibility index (Phi) is 4.76. The molecule has 20 heavy (non-hydrogen) atoms. The summed E-state index contributed by atoms with van der Waals surface area (Å²) in [5.74, 6) is -1.18. The standard InChI is InChI=1S/C15H17F2N3/c1-20(10-11-3-2-4-19-9-11)15(8-18)12-5-13(16)7-14(17)6-12/h2-7,9,15H,8,10,18H2,1H3. The Bertz CT molecular complexity index is 540. The molecule has 0 radical (unpaired) electrons. The van der Waals surface area contributed by atoms with Crippen molar-refractivity contribution in [3.8, 4) is 0 Å². The molecule has 2 aromatic rings. The Hall–Kier alpha value is -1.85. The summed E-state index contributed by atoms with van der Waals surface area (Å²) in [7, 11) is 1.87. The molecule has 0 amide bonds. The first-order valence-electron chi connectivity index (χ1n) is 6.35. The number of pyridine rings is 1. The minimum atomic E-state index is -0.590. The van der Waals surface area contributed by atoms with Crippen LogP contribution in [0.3, 0.4) is 0 Å². The van der Waals surface area contributed by atoms with Crippen LogP contribution in [0.25, 0.3) is 0 Å². The fraction of sp³-hybridized carbons (Fsp3) is 0.267. The molecular weight excluding hydrogens is 260 g/mol. The lowest BCUT2D eigenvalue weighted by Crippen LogP contribution is -2.30. The fourth-order valence-corrected chi connectivity index (χ4v) is 2.23. The van der Waals surface area contributed by atoms with Crippen LogP contribution in [0.5, 0.6) is 0 Å². The van der Waals surface area contributed by atoms with Crippen LogP contribution >= 0.6 is 0 Å². The highest BCUT2D eigenvalue weighted by Gasteiger charge is 2.17. The predicted octanol–water partition coefficient (Wildman–Crippen LogP) is 2.49. The predicted molar refractivity (Wildman–Crippen MR) is 73.9 cm³/mol. The minimum Gasteiger partial charge on any atom is -0.329 e. The maximum Gasteiger partial charge on any atom is 0.126 e. The number of nitrogens with zero attached hydrogens (tertiary/aromatic N) is 2. The summed E-state index contributed by atoms with van der Waals surface area (Å²) in [6.45, 7) is 0.882. The molecule has 106 valence electrons. The fourth-order valence-electron chi connectivity index (χ4n) is 2.23. The molecular formula is C15H17F2N3. The molecule has 0 aliphatic heterocycles. The Balaban J connectivity index is 2.18. The molecule has 1 atom stereocenters. The summed E-state index contributed by atoms with van der Waals surface area (Å²) in [5, 5.41) is 0. The van der Waals surface area contributed by atoms with E-state index in [2.05, 4.69) is 4.98 Å². The van der Waals surface area contributed by atoms with Gasteiger partial charge < -0.3 is 5.73 Å². The van der Waals surface area contributed by atoms with Crippen LogP contribution in [0.1, 0.15) is 17.2 Å². The molecule has 0 saturated carbocycles. The quantitative estimate of drug-likeness (QED) is 0.913.